The van der Waals surface area contributed by atoms with Crippen LogP contribution in [0.1, 0.15) is 11.1 Å². The smallest absolute Gasteiger partial charge is 0.278 e. The molecule has 0 unspecified atom stereocenters. The topological polar surface area (TPSA) is 97.0 Å². The van der Waals surface area contributed by atoms with Crippen LogP contribution in [0.2, 0.25) is 0 Å². The van der Waals surface area contributed by atoms with Gasteiger partial charge < -0.3 is 10.1 Å². The van der Waals surface area contributed by atoms with Crippen LogP contribution in [0.4, 0.5) is 5.69 Å². The van der Waals surface area contributed by atoms with Crippen molar-refractivity contribution in [2.24, 2.45) is 0 Å². The van der Waals surface area contributed by atoms with Gasteiger partial charge >= 0.3 is 0 Å². The zero-order chi connectivity index (χ0) is 20.1. The molecule has 3 rings (SSSR count). The monoisotopic (exact) mass is 396 g/mol. The molecule has 28 heavy (non-hydrogen) atoms. The lowest BCUT2D eigenvalue weighted by molar-refractivity contribution is -0.113. The van der Waals surface area contributed by atoms with E-state index in [0.717, 1.165) is 28.6 Å². The first-order valence-electron chi connectivity index (χ1n) is 8.57. The van der Waals surface area contributed by atoms with Gasteiger partial charge in [0.2, 0.25) is 5.91 Å². The van der Waals surface area contributed by atoms with Crippen molar-refractivity contribution in [1.82, 2.24) is 15.2 Å². The van der Waals surface area contributed by atoms with Crippen molar-refractivity contribution in [3.63, 3.8) is 0 Å². The van der Waals surface area contributed by atoms with Gasteiger partial charge in [0.25, 0.3) is 5.56 Å². The van der Waals surface area contributed by atoms with Crippen molar-refractivity contribution >= 4 is 23.4 Å². The van der Waals surface area contributed by atoms with E-state index in [-0.39, 0.29) is 28.1 Å². The highest BCUT2D eigenvalue weighted by Gasteiger charge is 2.11. The number of H-pyrrole nitrogens is 1. The number of methoxy groups -OCH3 is 1. The molecule has 3 aromatic rings. The maximum Gasteiger partial charge on any atom is 0.278 e. The summed E-state index contributed by atoms with van der Waals surface area (Å²) in [6.07, 6.45) is 0. The summed E-state index contributed by atoms with van der Waals surface area (Å²) in [4.78, 5) is 27.1. The highest BCUT2D eigenvalue weighted by Crippen LogP contribution is 2.19. The second-order valence-electron chi connectivity index (χ2n) is 6.19. The van der Waals surface area contributed by atoms with Gasteiger partial charge in [-0.2, -0.15) is 0 Å². The van der Waals surface area contributed by atoms with E-state index in [1.807, 2.05) is 32.0 Å². The van der Waals surface area contributed by atoms with Gasteiger partial charge in [0.05, 0.1) is 12.9 Å². The second kappa shape index (κ2) is 8.71. The van der Waals surface area contributed by atoms with Crippen molar-refractivity contribution in [3.8, 4) is 17.0 Å². The van der Waals surface area contributed by atoms with Gasteiger partial charge in [0, 0.05) is 11.3 Å². The van der Waals surface area contributed by atoms with E-state index in [9.17, 15) is 9.59 Å². The van der Waals surface area contributed by atoms with Gasteiger partial charge in [0.15, 0.2) is 10.9 Å². The molecular weight excluding hydrogens is 376 g/mol. The Kier molecular flexibility index (Phi) is 6.10. The zero-order valence-corrected chi connectivity index (χ0v) is 16.6. The molecule has 0 bridgehead atoms. The molecule has 0 aliphatic heterocycles. The molecule has 1 heterocycles. The maximum absolute atomic E-state index is 12.3. The predicted molar refractivity (Wildman–Crippen MR) is 110 cm³/mol. The van der Waals surface area contributed by atoms with Gasteiger partial charge in [-0.15, -0.1) is 10.2 Å². The number of nitrogens with zero attached hydrogens (tertiary/aromatic N) is 2. The molecule has 1 aromatic heterocycles. The molecular formula is C20H20N4O3S. The normalized spacial score (nSPS) is 10.5. The Hall–Kier alpha value is -3.13. The number of carbonyl (C=O) groups is 1. The van der Waals surface area contributed by atoms with Crippen LogP contribution >= 0.6 is 11.8 Å². The van der Waals surface area contributed by atoms with E-state index >= 15 is 0 Å². The molecule has 8 heteroatoms. The predicted octanol–water partition coefficient (Wildman–Crippen LogP) is 3.19. The number of aromatic nitrogens is 3. The molecule has 0 atom stereocenters. The number of amides is 1. The van der Waals surface area contributed by atoms with Crippen molar-refractivity contribution in [1.29, 1.82) is 0 Å². The number of aryl methyl sites for hydroxylation is 2. The Morgan fingerprint density at radius 1 is 1.14 bits per heavy atom. The largest absolute Gasteiger partial charge is 0.497 e. The summed E-state index contributed by atoms with van der Waals surface area (Å²) in [6.45, 7) is 3.94. The van der Waals surface area contributed by atoms with Crippen molar-refractivity contribution in [2.45, 2.75) is 19.0 Å². The fourth-order valence-corrected chi connectivity index (χ4v) is 3.20. The Balaban J connectivity index is 1.64. The first-order valence-corrected chi connectivity index (χ1v) is 9.56. The minimum atomic E-state index is -0.363. The summed E-state index contributed by atoms with van der Waals surface area (Å²) in [7, 11) is 1.57. The van der Waals surface area contributed by atoms with Crippen molar-refractivity contribution in [3.05, 3.63) is 63.9 Å². The minimum Gasteiger partial charge on any atom is -0.497 e. The summed E-state index contributed by atoms with van der Waals surface area (Å²) in [5.74, 6) is 0.619. The number of hydrogen-bond donors (Lipinski definition) is 2. The van der Waals surface area contributed by atoms with Crippen molar-refractivity contribution < 1.29 is 9.53 Å². The van der Waals surface area contributed by atoms with Crippen LogP contribution in [0.3, 0.4) is 0 Å². The van der Waals surface area contributed by atoms with Crippen LogP contribution in [0.5, 0.6) is 5.75 Å². The first-order chi connectivity index (χ1) is 13.5. The number of carbonyl (C=O) groups excluding carboxylic acids is 1. The second-order valence-corrected chi connectivity index (χ2v) is 7.16. The molecule has 144 valence electrons. The van der Waals surface area contributed by atoms with Crippen molar-refractivity contribution in [2.75, 3.05) is 18.2 Å². The van der Waals surface area contributed by atoms with E-state index in [1.54, 1.807) is 31.4 Å². The number of aromatic amines is 1. The molecule has 0 aliphatic carbocycles. The van der Waals surface area contributed by atoms with Crippen LogP contribution in [-0.4, -0.2) is 34.0 Å². The average molecular weight is 396 g/mol. The molecule has 0 spiro atoms. The van der Waals surface area contributed by atoms with Gasteiger partial charge in [-0.05, 0) is 49.7 Å². The molecule has 7 nitrogen and oxygen atoms in total. The zero-order valence-electron chi connectivity index (χ0n) is 15.8. The molecule has 0 fully saturated rings. The molecule has 2 aromatic carbocycles. The third kappa shape index (κ3) is 4.77. The highest BCUT2D eigenvalue weighted by molar-refractivity contribution is 7.99. The molecule has 1 amide bonds. The van der Waals surface area contributed by atoms with Gasteiger partial charge in [-0.1, -0.05) is 29.5 Å². The van der Waals surface area contributed by atoms with Crippen LogP contribution < -0.4 is 15.6 Å². The summed E-state index contributed by atoms with van der Waals surface area (Å²) in [5.41, 5.74) is 3.39. The molecule has 2 N–H and O–H groups in total. The summed E-state index contributed by atoms with van der Waals surface area (Å²) >= 11 is 1.12. The van der Waals surface area contributed by atoms with Crippen LogP contribution in [0.25, 0.3) is 11.3 Å². The summed E-state index contributed by atoms with van der Waals surface area (Å²) in [5, 5.41) is 11.2. The van der Waals surface area contributed by atoms with E-state index in [0.29, 0.717) is 11.3 Å². The standard InChI is InChI=1S/C20H20N4O3S/c1-12-4-9-16(13(2)10-12)21-17(25)11-28-20-22-19(26)18(23-24-20)14-5-7-15(27-3)8-6-14/h4-10H,11H2,1-3H3,(H,21,25)(H,22,24,26). The third-order valence-electron chi connectivity index (χ3n) is 4.04. The molecule has 0 saturated carbocycles. The Morgan fingerprint density at radius 3 is 2.54 bits per heavy atom. The lowest BCUT2D eigenvalue weighted by atomic mass is 10.1. The number of rotatable bonds is 6. The third-order valence-corrected chi connectivity index (χ3v) is 4.90. The lowest BCUT2D eigenvalue weighted by Gasteiger charge is -2.08. The van der Waals surface area contributed by atoms with Crippen LogP contribution in [0.15, 0.2) is 52.4 Å². The maximum atomic E-state index is 12.3. The van der Waals surface area contributed by atoms with E-state index in [2.05, 4.69) is 20.5 Å². The summed E-state index contributed by atoms with van der Waals surface area (Å²) in [6, 6.07) is 12.8. The van der Waals surface area contributed by atoms with E-state index < -0.39 is 0 Å². The van der Waals surface area contributed by atoms with Gasteiger partial charge in [-0.3, -0.25) is 14.6 Å². The Bertz CT molecular complexity index is 1050. The average Bonchev–Trinajstić information content (AvgIpc) is 2.69. The number of nitrogens with one attached hydrogen (secondary N) is 2. The fourth-order valence-electron chi connectivity index (χ4n) is 2.60. The number of anilines is 1. The van der Waals surface area contributed by atoms with Crippen LogP contribution in [0, 0.1) is 13.8 Å². The SMILES string of the molecule is COc1ccc(-c2nnc(SCC(=O)Nc3ccc(C)cc3C)[nH]c2=O)cc1. The van der Waals surface area contributed by atoms with Gasteiger partial charge in [-0.25, -0.2) is 0 Å². The highest BCUT2D eigenvalue weighted by atomic mass is 32.2. The Morgan fingerprint density at radius 2 is 1.89 bits per heavy atom. The first kappa shape index (κ1) is 19.6. The minimum absolute atomic E-state index is 0.111. The quantitative estimate of drug-likeness (QED) is 0.621. The van der Waals surface area contributed by atoms with E-state index in [4.69, 9.17) is 4.74 Å². The molecule has 0 saturated heterocycles. The Labute approximate surface area is 166 Å². The molecule has 0 aliphatic rings. The number of ether oxygens (including phenoxy) is 1. The van der Waals surface area contributed by atoms with E-state index in [1.165, 1.54) is 0 Å². The fraction of sp³-hybridized carbons (Fsp3) is 0.200. The lowest BCUT2D eigenvalue weighted by Crippen LogP contribution is -2.17. The number of thioether (sulfide) groups is 1. The van der Waals surface area contributed by atoms with Crippen LogP contribution in [-0.2, 0) is 4.79 Å². The number of hydrogen-bond acceptors (Lipinski definition) is 6. The number of benzene rings is 2. The van der Waals surface area contributed by atoms with Gasteiger partial charge in [0.1, 0.15) is 5.75 Å². The summed E-state index contributed by atoms with van der Waals surface area (Å²) < 4.78 is 5.10. The molecule has 0 radical (unpaired) electrons.